The minimum atomic E-state index is -0.631. The molecule has 0 N–H and O–H groups in total. The normalized spacial score (nSPS) is 10.9. The van der Waals surface area contributed by atoms with Gasteiger partial charge in [-0.05, 0) is 30.7 Å². The van der Waals surface area contributed by atoms with Crippen molar-refractivity contribution in [2.45, 2.75) is 71.1 Å². The number of rotatable bonds is 14. The van der Waals surface area contributed by atoms with Crippen molar-refractivity contribution in [3.05, 3.63) is 41.4 Å². The van der Waals surface area contributed by atoms with Gasteiger partial charge in [0, 0.05) is 17.2 Å². The fourth-order valence-electron chi connectivity index (χ4n) is 2.60. The highest BCUT2D eigenvalue weighted by Gasteiger charge is 2.03. The van der Waals surface area contributed by atoms with E-state index >= 15 is 0 Å². The molecule has 0 saturated carbocycles. The molecule has 150 valence electrons. The van der Waals surface area contributed by atoms with Crippen LogP contribution in [0.1, 0.15) is 71.1 Å². The van der Waals surface area contributed by atoms with Gasteiger partial charge in [0.05, 0.1) is 6.61 Å². The summed E-state index contributed by atoms with van der Waals surface area (Å²) in [5.74, 6) is -0.792. The Morgan fingerprint density at radius 3 is 1.93 bits per heavy atom. The van der Waals surface area contributed by atoms with Crippen LogP contribution in [0.4, 0.5) is 0 Å². The van der Waals surface area contributed by atoms with Crippen LogP contribution in [0.25, 0.3) is 0 Å². The first kappa shape index (κ1) is 23.2. The molecule has 0 heterocycles. The van der Waals surface area contributed by atoms with E-state index in [9.17, 15) is 9.59 Å². The molecule has 0 atom stereocenters. The Hall–Kier alpha value is -1.81. The van der Waals surface area contributed by atoms with Gasteiger partial charge in [-0.3, -0.25) is 0 Å². The summed E-state index contributed by atoms with van der Waals surface area (Å²) in [5.41, 5.74) is 0. The number of carbonyl (C=O) groups is 2. The second-order valence-electron chi connectivity index (χ2n) is 6.56. The smallest absolute Gasteiger partial charge is 0.336 e. The predicted molar refractivity (Wildman–Crippen MR) is 109 cm³/mol. The lowest BCUT2D eigenvalue weighted by Crippen LogP contribution is -2.07. The molecule has 0 aromatic heterocycles. The first-order valence-corrected chi connectivity index (χ1v) is 10.3. The summed E-state index contributed by atoms with van der Waals surface area (Å²) in [7, 11) is 0. The summed E-state index contributed by atoms with van der Waals surface area (Å²) in [6.07, 6.45) is 14.4. The van der Waals surface area contributed by atoms with Gasteiger partial charge < -0.3 is 9.47 Å². The quantitative estimate of drug-likeness (QED) is 0.161. The van der Waals surface area contributed by atoms with Crippen LogP contribution >= 0.6 is 11.6 Å². The third kappa shape index (κ3) is 13.1. The zero-order valence-electron chi connectivity index (χ0n) is 16.3. The maximum atomic E-state index is 11.6. The Morgan fingerprint density at radius 2 is 1.33 bits per heavy atom. The van der Waals surface area contributed by atoms with Gasteiger partial charge in [-0.15, -0.1) is 0 Å². The number of benzene rings is 1. The number of esters is 2. The highest BCUT2D eigenvalue weighted by Crippen LogP contribution is 2.15. The van der Waals surface area contributed by atoms with Gasteiger partial charge in [-0.2, -0.15) is 0 Å². The van der Waals surface area contributed by atoms with E-state index < -0.39 is 11.9 Å². The summed E-state index contributed by atoms with van der Waals surface area (Å²) < 4.78 is 10.1. The second kappa shape index (κ2) is 15.3. The zero-order valence-corrected chi connectivity index (χ0v) is 17.0. The molecular weight excluding hydrogens is 364 g/mol. The van der Waals surface area contributed by atoms with Crippen molar-refractivity contribution in [1.82, 2.24) is 0 Å². The highest BCUT2D eigenvalue weighted by molar-refractivity contribution is 6.30. The molecule has 0 fully saturated rings. The summed E-state index contributed by atoms with van der Waals surface area (Å²) in [4.78, 5) is 23.2. The fraction of sp³-hybridized carbons (Fsp3) is 0.545. The van der Waals surface area contributed by atoms with Crippen molar-refractivity contribution < 1.29 is 19.1 Å². The first-order valence-electron chi connectivity index (χ1n) is 9.94. The van der Waals surface area contributed by atoms with Crippen LogP contribution < -0.4 is 4.74 Å². The number of halogens is 1. The van der Waals surface area contributed by atoms with E-state index in [0.29, 0.717) is 17.4 Å². The number of hydrogen-bond acceptors (Lipinski definition) is 4. The van der Waals surface area contributed by atoms with E-state index in [-0.39, 0.29) is 0 Å². The molecule has 1 rings (SSSR count). The lowest BCUT2D eigenvalue weighted by molar-refractivity contribution is -0.138. The highest BCUT2D eigenvalue weighted by atomic mass is 35.5. The number of unbranched alkanes of at least 4 members (excludes halogenated alkanes) is 9. The monoisotopic (exact) mass is 394 g/mol. The Morgan fingerprint density at radius 1 is 0.815 bits per heavy atom. The minimum Gasteiger partial charge on any atom is -0.463 e. The van der Waals surface area contributed by atoms with Crippen molar-refractivity contribution in [3.8, 4) is 5.75 Å². The van der Waals surface area contributed by atoms with Crippen molar-refractivity contribution in [2.75, 3.05) is 6.61 Å². The van der Waals surface area contributed by atoms with Gasteiger partial charge in [0.25, 0.3) is 0 Å². The van der Waals surface area contributed by atoms with Crippen molar-refractivity contribution in [1.29, 1.82) is 0 Å². The fourth-order valence-corrected chi connectivity index (χ4v) is 2.73. The van der Waals surface area contributed by atoms with Gasteiger partial charge in [-0.1, -0.05) is 76.3 Å². The van der Waals surface area contributed by atoms with E-state index in [0.717, 1.165) is 25.0 Å². The number of ether oxygens (including phenoxy) is 2. The summed E-state index contributed by atoms with van der Waals surface area (Å²) in [6.45, 7) is 2.61. The van der Waals surface area contributed by atoms with Gasteiger partial charge >= 0.3 is 11.9 Å². The average molecular weight is 395 g/mol. The molecule has 0 amide bonds. The zero-order chi connectivity index (χ0) is 19.7. The van der Waals surface area contributed by atoms with Crippen molar-refractivity contribution >= 4 is 23.5 Å². The van der Waals surface area contributed by atoms with Gasteiger partial charge in [0.2, 0.25) is 0 Å². The molecule has 27 heavy (non-hydrogen) atoms. The molecule has 0 unspecified atom stereocenters. The van der Waals surface area contributed by atoms with Gasteiger partial charge in [0.15, 0.2) is 0 Å². The molecule has 0 radical (unpaired) electrons. The molecular formula is C22H31ClO4. The number of hydrogen-bond donors (Lipinski definition) is 0. The summed E-state index contributed by atoms with van der Waals surface area (Å²) in [6, 6.07) is 6.40. The van der Waals surface area contributed by atoms with E-state index in [2.05, 4.69) is 6.92 Å². The molecule has 0 bridgehead atoms. The Kier molecular flexibility index (Phi) is 13.1. The first-order chi connectivity index (χ1) is 13.1. The lowest BCUT2D eigenvalue weighted by atomic mass is 10.1. The Balaban J connectivity index is 2.01. The molecule has 0 aliphatic heterocycles. The summed E-state index contributed by atoms with van der Waals surface area (Å²) >= 11 is 5.75. The van der Waals surface area contributed by atoms with Crippen LogP contribution in [0.2, 0.25) is 5.02 Å². The van der Waals surface area contributed by atoms with Crippen LogP contribution in [0, 0.1) is 0 Å². The van der Waals surface area contributed by atoms with Crippen molar-refractivity contribution in [3.63, 3.8) is 0 Å². The van der Waals surface area contributed by atoms with Crippen LogP contribution in [0.15, 0.2) is 36.4 Å². The Bertz CT molecular complexity index is 566. The molecule has 5 heteroatoms. The largest absolute Gasteiger partial charge is 0.463 e. The standard InChI is InChI=1S/C22H31ClO4/c1-2-3-4-5-6-7-8-9-10-11-18-26-21(24)16-17-22(25)27-20-14-12-19(23)13-15-20/h12-17H,2-11,18H2,1H3/b17-16+. The van der Waals surface area contributed by atoms with Gasteiger partial charge in [-0.25, -0.2) is 9.59 Å². The lowest BCUT2D eigenvalue weighted by Gasteiger charge is -2.03. The Labute approximate surface area is 167 Å². The number of carbonyl (C=O) groups excluding carboxylic acids is 2. The van der Waals surface area contributed by atoms with Crippen LogP contribution in [0.5, 0.6) is 5.75 Å². The predicted octanol–water partition coefficient (Wildman–Crippen LogP) is 6.27. The molecule has 0 spiro atoms. The molecule has 0 saturated heterocycles. The maximum Gasteiger partial charge on any atom is 0.336 e. The minimum absolute atomic E-state index is 0.368. The van der Waals surface area contributed by atoms with Gasteiger partial charge in [0.1, 0.15) is 5.75 Å². The molecule has 1 aromatic carbocycles. The molecule has 0 aliphatic rings. The molecule has 0 aliphatic carbocycles. The molecule has 1 aromatic rings. The topological polar surface area (TPSA) is 52.6 Å². The maximum absolute atomic E-state index is 11.6. The third-order valence-electron chi connectivity index (χ3n) is 4.13. The van der Waals surface area contributed by atoms with Crippen LogP contribution in [-0.2, 0) is 14.3 Å². The van der Waals surface area contributed by atoms with Crippen LogP contribution in [0.3, 0.4) is 0 Å². The van der Waals surface area contributed by atoms with Crippen molar-refractivity contribution in [2.24, 2.45) is 0 Å². The van der Waals surface area contributed by atoms with E-state index in [1.165, 1.54) is 51.4 Å². The molecule has 4 nitrogen and oxygen atoms in total. The van der Waals surface area contributed by atoms with E-state index in [1.54, 1.807) is 24.3 Å². The third-order valence-corrected chi connectivity index (χ3v) is 4.38. The van der Waals surface area contributed by atoms with Crippen LogP contribution in [-0.4, -0.2) is 18.5 Å². The van der Waals surface area contributed by atoms with E-state index in [1.807, 2.05) is 0 Å². The second-order valence-corrected chi connectivity index (χ2v) is 6.99. The SMILES string of the molecule is CCCCCCCCCCCCOC(=O)/C=C/C(=O)Oc1ccc(Cl)cc1. The van der Waals surface area contributed by atoms with E-state index in [4.69, 9.17) is 21.1 Å². The summed E-state index contributed by atoms with van der Waals surface area (Å²) in [5, 5.41) is 0.556. The average Bonchev–Trinajstić information content (AvgIpc) is 2.66.